The van der Waals surface area contributed by atoms with Crippen LogP contribution < -0.4 is 0 Å². The first-order chi connectivity index (χ1) is 13.3. The lowest BCUT2D eigenvalue weighted by Crippen LogP contribution is -2.52. The van der Waals surface area contributed by atoms with E-state index in [1.54, 1.807) is 0 Å². The number of rotatable bonds is 5. The molecule has 6 heteroatoms. The molecule has 0 amide bonds. The lowest BCUT2D eigenvalue weighted by Gasteiger charge is -2.59. The summed E-state index contributed by atoms with van der Waals surface area (Å²) in [5.74, 6) is 2.11. The summed E-state index contributed by atoms with van der Waals surface area (Å²) in [6.07, 6.45) is 12.1. The smallest absolute Gasteiger partial charge is 0.302 e. The first-order valence-corrected chi connectivity index (χ1v) is 12.6. The van der Waals surface area contributed by atoms with Gasteiger partial charge in [-0.05, 0) is 86.0 Å². The van der Waals surface area contributed by atoms with Gasteiger partial charge in [0, 0.05) is 13.5 Å². The molecule has 4 aliphatic carbocycles. The summed E-state index contributed by atoms with van der Waals surface area (Å²) in [6, 6.07) is 0. The van der Waals surface area contributed by atoms with Gasteiger partial charge in [-0.25, -0.2) is 4.57 Å². The highest BCUT2D eigenvalue weighted by atomic mass is 31.2. The van der Waals surface area contributed by atoms with E-state index in [1.165, 1.54) is 19.1 Å². The van der Waals surface area contributed by atoms with Gasteiger partial charge in [-0.1, -0.05) is 25.8 Å². The Kier molecular flexibility index (Phi) is 5.44. The van der Waals surface area contributed by atoms with Gasteiger partial charge in [0.05, 0.1) is 6.10 Å². The third-order valence-electron chi connectivity index (χ3n) is 8.79. The van der Waals surface area contributed by atoms with Crippen LogP contribution in [0.3, 0.4) is 0 Å². The Bertz CT molecular complexity index is 718. The van der Waals surface area contributed by atoms with Gasteiger partial charge in [0.15, 0.2) is 5.78 Å². The van der Waals surface area contributed by atoms with E-state index in [4.69, 9.17) is 9.05 Å². The van der Waals surface area contributed by atoms with E-state index in [-0.39, 0.29) is 16.9 Å². The number of ketones is 1. The highest BCUT2D eigenvalue weighted by Crippen LogP contribution is 2.67. The Morgan fingerprint density at radius 1 is 1.18 bits per heavy atom. The van der Waals surface area contributed by atoms with Crippen LogP contribution in [-0.2, 0) is 18.4 Å². The van der Waals surface area contributed by atoms with Gasteiger partial charge in [-0.15, -0.1) is 0 Å². The Morgan fingerprint density at radius 3 is 2.68 bits per heavy atom. The third-order valence-corrected chi connectivity index (χ3v) is 9.77. The maximum Gasteiger partial charge on any atom is 0.472 e. The maximum absolute atomic E-state index is 12.1. The summed E-state index contributed by atoms with van der Waals surface area (Å²) < 4.78 is 22.4. The molecule has 1 N–H and O–H groups in total. The molecule has 4 rings (SSSR count). The predicted octanol–water partition coefficient (Wildman–Crippen LogP) is 5.43. The van der Waals surface area contributed by atoms with Gasteiger partial charge in [-0.2, -0.15) is 0 Å². The summed E-state index contributed by atoms with van der Waals surface area (Å²) in [5.41, 5.74) is 1.59. The van der Waals surface area contributed by atoms with Crippen LogP contribution in [0.2, 0.25) is 0 Å². The average Bonchev–Trinajstić information content (AvgIpc) is 2.98. The number of hydrogen-bond donors (Lipinski definition) is 1. The van der Waals surface area contributed by atoms with Gasteiger partial charge in [-0.3, -0.25) is 13.8 Å². The molecule has 7 unspecified atom stereocenters. The van der Waals surface area contributed by atoms with Crippen LogP contribution in [0.4, 0.5) is 0 Å². The molecule has 28 heavy (non-hydrogen) atoms. The first kappa shape index (κ1) is 20.8. The van der Waals surface area contributed by atoms with Crippen molar-refractivity contribution in [3.8, 4) is 0 Å². The Morgan fingerprint density at radius 2 is 1.96 bits per heavy atom. The second-order valence-electron chi connectivity index (χ2n) is 9.82. The van der Waals surface area contributed by atoms with E-state index in [0.29, 0.717) is 30.0 Å². The second kappa shape index (κ2) is 7.34. The van der Waals surface area contributed by atoms with Gasteiger partial charge < -0.3 is 4.89 Å². The molecule has 0 aromatic heterocycles. The number of phosphoric ester groups is 1. The van der Waals surface area contributed by atoms with Gasteiger partial charge in [0.2, 0.25) is 0 Å². The quantitative estimate of drug-likeness (QED) is 0.612. The van der Waals surface area contributed by atoms with Crippen LogP contribution >= 0.6 is 7.82 Å². The van der Waals surface area contributed by atoms with Crippen molar-refractivity contribution in [2.45, 2.75) is 84.2 Å². The lowest BCUT2D eigenvalue weighted by molar-refractivity contribution is -0.118. The molecule has 0 aliphatic heterocycles. The van der Waals surface area contributed by atoms with Gasteiger partial charge in [0.1, 0.15) is 0 Å². The van der Waals surface area contributed by atoms with Crippen LogP contribution in [0.25, 0.3) is 0 Å². The Hall–Kier alpha value is -0.480. The van der Waals surface area contributed by atoms with Crippen LogP contribution in [0, 0.1) is 28.6 Å². The average molecular weight is 410 g/mol. The fraction of sp³-hybridized carbons (Fsp3) is 0.864. The SMILES string of the molecule is CCCC12CCC(=O)C=C1CCC1C2CCC2(C)C(OP(=O)(O)OC)CCC12. The summed E-state index contributed by atoms with van der Waals surface area (Å²) >= 11 is 0. The standard InChI is InChI=1S/C22H35O5P/c1-4-11-22-13-9-16(23)14-15(22)5-6-17-18-7-8-20(27-28(24,25)26-3)21(18,2)12-10-19(17)22/h14,17-20H,4-13H2,1-3H3,(H,24,25). The summed E-state index contributed by atoms with van der Waals surface area (Å²) in [4.78, 5) is 22.0. The minimum atomic E-state index is -3.97. The molecule has 3 saturated carbocycles. The molecular formula is C22H35O5P. The van der Waals surface area contributed by atoms with Crippen molar-refractivity contribution in [2.24, 2.45) is 28.6 Å². The zero-order valence-electron chi connectivity index (χ0n) is 17.5. The van der Waals surface area contributed by atoms with E-state index < -0.39 is 7.82 Å². The molecule has 0 spiro atoms. The van der Waals surface area contributed by atoms with Crippen LogP contribution in [-0.4, -0.2) is 23.9 Å². The van der Waals surface area contributed by atoms with Crippen molar-refractivity contribution < 1.29 is 23.3 Å². The van der Waals surface area contributed by atoms with Crippen LogP contribution in [0.15, 0.2) is 11.6 Å². The van der Waals surface area contributed by atoms with E-state index >= 15 is 0 Å². The number of hydrogen-bond acceptors (Lipinski definition) is 4. The van der Waals surface area contributed by atoms with E-state index in [2.05, 4.69) is 13.8 Å². The second-order valence-corrected chi connectivity index (χ2v) is 11.3. The molecule has 0 bridgehead atoms. The first-order valence-electron chi connectivity index (χ1n) is 11.1. The normalized spacial score (nSPS) is 44.9. The molecule has 0 saturated heterocycles. The maximum atomic E-state index is 12.1. The molecule has 4 aliphatic rings. The number of carbonyl (C=O) groups is 1. The zero-order chi connectivity index (χ0) is 20.2. The molecule has 0 aromatic rings. The monoisotopic (exact) mass is 410 g/mol. The minimum absolute atomic E-state index is 0.0583. The predicted molar refractivity (Wildman–Crippen MR) is 108 cm³/mol. The van der Waals surface area contributed by atoms with Gasteiger partial charge in [0.25, 0.3) is 0 Å². The highest BCUT2D eigenvalue weighted by molar-refractivity contribution is 7.47. The highest BCUT2D eigenvalue weighted by Gasteiger charge is 2.60. The van der Waals surface area contributed by atoms with Crippen molar-refractivity contribution in [1.82, 2.24) is 0 Å². The summed E-state index contributed by atoms with van der Waals surface area (Å²) in [6.45, 7) is 4.53. The molecular weight excluding hydrogens is 375 g/mol. The molecule has 5 nitrogen and oxygen atoms in total. The van der Waals surface area contributed by atoms with E-state index in [1.807, 2.05) is 6.08 Å². The van der Waals surface area contributed by atoms with Crippen molar-refractivity contribution in [2.75, 3.05) is 7.11 Å². The Labute approximate surface area is 168 Å². The topological polar surface area (TPSA) is 72.8 Å². The number of carbonyl (C=O) groups excluding carboxylic acids is 1. The fourth-order valence-electron chi connectivity index (χ4n) is 7.61. The third kappa shape index (κ3) is 3.17. The molecule has 7 atom stereocenters. The molecule has 0 radical (unpaired) electrons. The summed E-state index contributed by atoms with van der Waals surface area (Å²) in [7, 11) is -2.73. The van der Waals surface area contributed by atoms with E-state index in [9.17, 15) is 14.3 Å². The van der Waals surface area contributed by atoms with Crippen molar-refractivity contribution in [3.63, 3.8) is 0 Å². The lowest BCUT2D eigenvalue weighted by atomic mass is 9.46. The minimum Gasteiger partial charge on any atom is -0.302 e. The number of allylic oxidation sites excluding steroid dienone is 1. The molecule has 0 heterocycles. The van der Waals surface area contributed by atoms with Gasteiger partial charge >= 0.3 is 7.82 Å². The van der Waals surface area contributed by atoms with Crippen LogP contribution in [0.5, 0.6) is 0 Å². The van der Waals surface area contributed by atoms with Crippen molar-refractivity contribution >= 4 is 13.6 Å². The number of fused-ring (bicyclic) bond motifs is 5. The molecule has 0 aromatic carbocycles. The van der Waals surface area contributed by atoms with E-state index in [0.717, 1.165) is 51.4 Å². The van der Waals surface area contributed by atoms with Crippen LogP contribution in [0.1, 0.15) is 78.1 Å². The fourth-order valence-corrected chi connectivity index (χ4v) is 8.36. The molecule has 3 fully saturated rings. The van der Waals surface area contributed by atoms with Crippen molar-refractivity contribution in [3.05, 3.63) is 11.6 Å². The zero-order valence-corrected chi connectivity index (χ0v) is 18.4. The molecule has 158 valence electrons. The van der Waals surface area contributed by atoms with Crippen molar-refractivity contribution in [1.29, 1.82) is 0 Å². The largest absolute Gasteiger partial charge is 0.472 e. The summed E-state index contributed by atoms with van der Waals surface area (Å²) in [5, 5.41) is 0. The Balaban J connectivity index is 1.62. The number of phosphoric acid groups is 1.